The molecule has 2 aromatic rings. The van der Waals surface area contributed by atoms with E-state index in [9.17, 15) is 4.79 Å². The van der Waals surface area contributed by atoms with E-state index in [2.05, 4.69) is 5.32 Å². The number of amides is 1. The van der Waals surface area contributed by atoms with E-state index in [0.29, 0.717) is 23.8 Å². The average Bonchev–Trinajstić information content (AvgIpc) is 2.45. The molecule has 0 bridgehead atoms. The van der Waals surface area contributed by atoms with Crippen molar-refractivity contribution in [2.45, 2.75) is 6.61 Å². The standard InChI is InChI=1S/C15H15NO4/c1-19-13-7-12(16-15(17)18)8-14(9-13)20-10-11-5-3-2-4-6-11/h2-9,16H,10H2,1H3,(H,17,18). The molecular formula is C15H15NO4. The third kappa shape index (κ3) is 3.91. The predicted octanol–water partition coefficient (Wildman–Crippen LogP) is 3.36. The van der Waals surface area contributed by atoms with Crippen LogP contribution in [0.4, 0.5) is 10.5 Å². The fraction of sp³-hybridized carbons (Fsp3) is 0.133. The molecule has 0 radical (unpaired) electrons. The second-order valence-electron chi connectivity index (χ2n) is 4.10. The zero-order chi connectivity index (χ0) is 14.4. The Morgan fingerprint density at radius 2 is 1.85 bits per heavy atom. The highest BCUT2D eigenvalue weighted by Gasteiger charge is 2.05. The molecule has 2 rings (SSSR count). The van der Waals surface area contributed by atoms with Crippen molar-refractivity contribution in [1.82, 2.24) is 0 Å². The van der Waals surface area contributed by atoms with Crippen LogP contribution < -0.4 is 14.8 Å². The third-order valence-corrected chi connectivity index (χ3v) is 2.62. The number of anilines is 1. The lowest BCUT2D eigenvalue weighted by atomic mass is 10.2. The molecule has 2 aromatic carbocycles. The van der Waals surface area contributed by atoms with Crippen molar-refractivity contribution in [3.05, 3.63) is 54.1 Å². The van der Waals surface area contributed by atoms with Crippen LogP contribution in [0.25, 0.3) is 0 Å². The van der Waals surface area contributed by atoms with Crippen molar-refractivity contribution in [1.29, 1.82) is 0 Å². The van der Waals surface area contributed by atoms with E-state index < -0.39 is 6.09 Å². The molecule has 5 heteroatoms. The minimum Gasteiger partial charge on any atom is -0.497 e. The molecule has 0 unspecified atom stereocenters. The Labute approximate surface area is 116 Å². The number of carbonyl (C=O) groups is 1. The van der Waals surface area contributed by atoms with Gasteiger partial charge in [0.15, 0.2) is 0 Å². The molecule has 0 saturated carbocycles. The van der Waals surface area contributed by atoms with Gasteiger partial charge in [-0.2, -0.15) is 0 Å². The minimum absolute atomic E-state index is 0.403. The lowest BCUT2D eigenvalue weighted by Crippen LogP contribution is -2.07. The van der Waals surface area contributed by atoms with Gasteiger partial charge in [0.1, 0.15) is 18.1 Å². The van der Waals surface area contributed by atoms with Gasteiger partial charge >= 0.3 is 6.09 Å². The summed E-state index contributed by atoms with van der Waals surface area (Å²) >= 11 is 0. The summed E-state index contributed by atoms with van der Waals surface area (Å²) in [5, 5.41) is 11.0. The second kappa shape index (κ2) is 6.47. The van der Waals surface area contributed by atoms with Gasteiger partial charge in [-0.3, -0.25) is 5.32 Å². The molecule has 2 N–H and O–H groups in total. The van der Waals surface area contributed by atoms with E-state index >= 15 is 0 Å². The van der Waals surface area contributed by atoms with Gasteiger partial charge in [0.2, 0.25) is 0 Å². The van der Waals surface area contributed by atoms with Crippen LogP contribution in [-0.4, -0.2) is 18.3 Å². The van der Waals surface area contributed by atoms with E-state index in [1.165, 1.54) is 7.11 Å². The molecule has 5 nitrogen and oxygen atoms in total. The third-order valence-electron chi connectivity index (χ3n) is 2.62. The van der Waals surface area contributed by atoms with Crippen molar-refractivity contribution in [3.63, 3.8) is 0 Å². The highest BCUT2D eigenvalue weighted by molar-refractivity contribution is 5.83. The molecule has 0 spiro atoms. The van der Waals surface area contributed by atoms with Gasteiger partial charge in [0.25, 0.3) is 0 Å². The Morgan fingerprint density at radius 3 is 2.50 bits per heavy atom. The summed E-state index contributed by atoms with van der Waals surface area (Å²) in [6.45, 7) is 0.403. The van der Waals surface area contributed by atoms with Crippen molar-refractivity contribution in [2.24, 2.45) is 0 Å². The van der Waals surface area contributed by atoms with Gasteiger partial charge in [-0.05, 0) is 5.56 Å². The van der Waals surface area contributed by atoms with Crippen LogP contribution in [0.2, 0.25) is 0 Å². The Hall–Kier alpha value is -2.69. The first-order chi connectivity index (χ1) is 9.67. The second-order valence-corrected chi connectivity index (χ2v) is 4.10. The number of methoxy groups -OCH3 is 1. The molecule has 0 fully saturated rings. The van der Waals surface area contributed by atoms with Crippen molar-refractivity contribution >= 4 is 11.8 Å². The molecule has 20 heavy (non-hydrogen) atoms. The monoisotopic (exact) mass is 273 g/mol. The zero-order valence-corrected chi connectivity index (χ0v) is 11.0. The van der Waals surface area contributed by atoms with Crippen molar-refractivity contribution < 1.29 is 19.4 Å². The maximum atomic E-state index is 10.7. The Kier molecular flexibility index (Phi) is 4.44. The molecule has 0 saturated heterocycles. The molecule has 1 amide bonds. The van der Waals surface area contributed by atoms with Crippen LogP contribution in [0.5, 0.6) is 11.5 Å². The van der Waals surface area contributed by atoms with Crippen LogP contribution in [0.15, 0.2) is 48.5 Å². The lowest BCUT2D eigenvalue weighted by Gasteiger charge is -2.10. The average molecular weight is 273 g/mol. The summed E-state index contributed by atoms with van der Waals surface area (Å²) in [6.07, 6.45) is -1.13. The Balaban J connectivity index is 2.12. The van der Waals surface area contributed by atoms with Gasteiger partial charge in [-0.25, -0.2) is 4.79 Å². The Morgan fingerprint density at radius 1 is 1.15 bits per heavy atom. The lowest BCUT2D eigenvalue weighted by molar-refractivity contribution is 0.209. The van der Waals surface area contributed by atoms with Crippen molar-refractivity contribution in [3.8, 4) is 11.5 Å². The number of benzene rings is 2. The van der Waals surface area contributed by atoms with Crippen LogP contribution in [0, 0.1) is 0 Å². The normalized spacial score (nSPS) is 9.85. The SMILES string of the molecule is COc1cc(NC(=O)O)cc(OCc2ccccc2)c1. The fourth-order valence-corrected chi connectivity index (χ4v) is 1.71. The molecule has 0 aliphatic carbocycles. The highest BCUT2D eigenvalue weighted by Crippen LogP contribution is 2.26. The smallest absolute Gasteiger partial charge is 0.409 e. The van der Waals surface area contributed by atoms with Gasteiger partial charge in [-0.15, -0.1) is 0 Å². The number of carboxylic acid groups (broad SMARTS) is 1. The Bertz CT molecular complexity index is 584. The first kappa shape index (κ1) is 13.7. The molecule has 0 aromatic heterocycles. The van der Waals surface area contributed by atoms with Crippen LogP contribution in [-0.2, 0) is 6.61 Å². The van der Waals surface area contributed by atoms with Gasteiger partial charge in [0, 0.05) is 18.2 Å². The number of ether oxygens (including phenoxy) is 2. The number of rotatable bonds is 5. The zero-order valence-electron chi connectivity index (χ0n) is 11.0. The summed E-state index contributed by atoms with van der Waals surface area (Å²) < 4.78 is 10.8. The number of hydrogen-bond donors (Lipinski definition) is 2. The first-order valence-electron chi connectivity index (χ1n) is 6.03. The molecule has 0 aliphatic rings. The van der Waals surface area contributed by atoms with Crippen LogP contribution >= 0.6 is 0 Å². The maximum absolute atomic E-state index is 10.7. The fourth-order valence-electron chi connectivity index (χ4n) is 1.71. The number of hydrogen-bond acceptors (Lipinski definition) is 3. The van der Waals surface area contributed by atoms with E-state index in [1.807, 2.05) is 30.3 Å². The molecule has 104 valence electrons. The highest BCUT2D eigenvalue weighted by atomic mass is 16.5. The van der Waals surface area contributed by atoms with Gasteiger partial charge in [0.05, 0.1) is 12.8 Å². The largest absolute Gasteiger partial charge is 0.497 e. The molecule has 0 heterocycles. The summed E-state index contributed by atoms with van der Waals surface area (Å²) in [4.78, 5) is 10.7. The number of nitrogens with one attached hydrogen (secondary N) is 1. The molecular weight excluding hydrogens is 258 g/mol. The van der Waals surface area contributed by atoms with E-state index in [1.54, 1.807) is 18.2 Å². The van der Waals surface area contributed by atoms with Crippen LogP contribution in [0.3, 0.4) is 0 Å². The molecule has 0 aliphatic heterocycles. The maximum Gasteiger partial charge on any atom is 0.409 e. The molecule has 0 atom stereocenters. The first-order valence-corrected chi connectivity index (χ1v) is 6.03. The van der Waals surface area contributed by atoms with Crippen LogP contribution in [0.1, 0.15) is 5.56 Å². The minimum atomic E-state index is -1.13. The van der Waals surface area contributed by atoms with Gasteiger partial charge in [-0.1, -0.05) is 30.3 Å². The summed E-state index contributed by atoms with van der Waals surface area (Å²) in [7, 11) is 1.51. The van der Waals surface area contributed by atoms with E-state index in [0.717, 1.165) is 5.56 Å². The van der Waals surface area contributed by atoms with Crippen molar-refractivity contribution in [2.75, 3.05) is 12.4 Å². The predicted molar refractivity (Wildman–Crippen MR) is 75.4 cm³/mol. The summed E-state index contributed by atoms with van der Waals surface area (Å²) in [5.74, 6) is 1.07. The van der Waals surface area contributed by atoms with E-state index in [-0.39, 0.29) is 0 Å². The van der Waals surface area contributed by atoms with E-state index in [4.69, 9.17) is 14.6 Å². The quantitative estimate of drug-likeness (QED) is 0.876. The van der Waals surface area contributed by atoms with Gasteiger partial charge < -0.3 is 14.6 Å². The topological polar surface area (TPSA) is 67.8 Å². The summed E-state index contributed by atoms with van der Waals surface area (Å²) in [6, 6.07) is 14.6. The summed E-state index contributed by atoms with van der Waals surface area (Å²) in [5.41, 5.74) is 1.43.